The fraction of sp³-hybridized carbons (Fsp3) is 0.300. The Bertz CT molecular complexity index is 688. The summed E-state index contributed by atoms with van der Waals surface area (Å²) in [6.45, 7) is 1.14. The van der Waals surface area contributed by atoms with Crippen LogP contribution in [-0.2, 0) is 0 Å². The Hall–Kier alpha value is -1.13. The highest BCUT2D eigenvalue weighted by Crippen LogP contribution is 2.38. The first kappa shape index (κ1) is 15.8. The lowest BCUT2D eigenvalue weighted by Crippen LogP contribution is -2.14. The highest BCUT2D eigenvalue weighted by molar-refractivity contribution is 14.1. The minimum absolute atomic E-state index is 0.496. The standard InChI is InChI=1S/C20H22IN/c1-22(2)13-5-8-19-18-7-4-3-6-15(18)9-10-16-11-12-17(21)14-20(16)19/h3-4,6-7,9-12,14,19H,5,8,13H2,1-2H3. The van der Waals surface area contributed by atoms with Crippen LogP contribution in [0.25, 0.3) is 12.2 Å². The van der Waals surface area contributed by atoms with Gasteiger partial charge >= 0.3 is 0 Å². The Morgan fingerprint density at radius 3 is 2.45 bits per heavy atom. The molecule has 0 saturated heterocycles. The van der Waals surface area contributed by atoms with Gasteiger partial charge in [0.05, 0.1) is 0 Å². The van der Waals surface area contributed by atoms with Gasteiger partial charge in [-0.1, -0.05) is 42.5 Å². The van der Waals surface area contributed by atoms with E-state index in [1.165, 1.54) is 38.7 Å². The van der Waals surface area contributed by atoms with Gasteiger partial charge in [-0.2, -0.15) is 0 Å². The van der Waals surface area contributed by atoms with Crippen molar-refractivity contribution in [1.82, 2.24) is 4.90 Å². The number of halogens is 1. The Balaban J connectivity index is 2.01. The van der Waals surface area contributed by atoms with E-state index in [1.54, 1.807) is 0 Å². The fourth-order valence-electron chi connectivity index (χ4n) is 3.25. The normalized spacial score (nSPS) is 16.3. The summed E-state index contributed by atoms with van der Waals surface area (Å²) in [7, 11) is 4.30. The number of fused-ring (bicyclic) bond motifs is 2. The summed E-state index contributed by atoms with van der Waals surface area (Å²) in [5.41, 5.74) is 5.68. The maximum absolute atomic E-state index is 2.42. The first-order valence-electron chi connectivity index (χ1n) is 7.86. The second-order valence-electron chi connectivity index (χ2n) is 6.23. The molecule has 0 radical (unpaired) electrons. The Morgan fingerprint density at radius 1 is 0.955 bits per heavy atom. The summed E-state index contributed by atoms with van der Waals surface area (Å²) in [6, 6.07) is 15.7. The van der Waals surface area contributed by atoms with Crippen LogP contribution in [0.2, 0.25) is 0 Å². The second kappa shape index (κ2) is 6.97. The van der Waals surface area contributed by atoms with Gasteiger partial charge in [0.15, 0.2) is 0 Å². The van der Waals surface area contributed by atoms with Crippen LogP contribution in [0.5, 0.6) is 0 Å². The van der Waals surface area contributed by atoms with Crippen LogP contribution in [0, 0.1) is 3.57 Å². The molecule has 114 valence electrons. The van der Waals surface area contributed by atoms with Crippen molar-refractivity contribution in [3.05, 3.63) is 68.3 Å². The van der Waals surface area contributed by atoms with E-state index in [0.717, 1.165) is 6.54 Å². The summed E-state index contributed by atoms with van der Waals surface area (Å²) in [4.78, 5) is 2.27. The third kappa shape index (κ3) is 3.44. The molecular formula is C20H22IN. The molecule has 22 heavy (non-hydrogen) atoms. The molecule has 0 fully saturated rings. The zero-order chi connectivity index (χ0) is 15.5. The molecule has 2 aromatic carbocycles. The van der Waals surface area contributed by atoms with Crippen molar-refractivity contribution in [2.24, 2.45) is 0 Å². The second-order valence-corrected chi connectivity index (χ2v) is 7.48. The largest absolute Gasteiger partial charge is 0.309 e. The topological polar surface area (TPSA) is 3.24 Å². The predicted molar refractivity (Wildman–Crippen MR) is 104 cm³/mol. The van der Waals surface area contributed by atoms with Crippen molar-refractivity contribution in [3.8, 4) is 0 Å². The third-order valence-corrected chi connectivity index (χ3v) is 5.01. The molecule has 0 bridgehead atoms. The molecule has 0 aromatic heterocycles. The maximum Gasteiger partial charge on any atom is 0.0133 e. The third-order valence-electron chi connectivity index (χ3n) is 4.34. The number of benzene rings is 2. The lowest BCUT2D eigenvalue weighted by atomic mass is 9.84. The molecule has 1 aliphatic rings. The maximum atomic E-state index is 2.42. The average molecular weight is 403 g/mol. The highest BCUT2D eigenvalue weighted by Gasteiger charge is 2.21. The van der Waals surface area contributed by atoms with Crippen molar-refractivity contribution < 1.29 is 0 Å². The molecule has 0 amide bonds. The zero-order valence-electron chi connectivity index (χ0n) is 13.2. The highest BCUT2D eigenvalue weighted by atomic mass is 127. The van der Waals surface area contributed by atoms with Crippen LogP contribution >= 0.6 is 22.6 Å². The molecule has 0 aliphatic heterocycles. The molecule has 1 nitrogen and oxygen atoms in total. The first-order valence-corrected chi connectivity index (χ1v) is 8.94. The number of hydrogen-bond donors (Lipinski definition) is 0. The Morgan fingerprint density at radius 2 is 1.68 bits per heavy atom. The van der Waals surface area contributed by atoms with E-state index in [-0.39, 0.29) is 0 Å². The van der Waals surface area contributed by atoms with Gasteiger partial charge in [-0.25, -0.2) is 0 Å². The molecule has 1 aliphatic carbocycles. The van der Waals surface area contributed by atoms with Gasteiger partial charge in [-0.05, 0) is 90.5 Å². The molecule has 2 aromatic rings. The summed E-state index contributed by atoms with van der Waals surface area (Å²) in [5, 5.41) is 0. The molecule has 2 heteroatoms. The molecule has 1 unspecified atom stereocenters. The SMILES string of the molecule is CN(C)CCCC1c2ccccc2C=Cc2ccc(I)cc21. The van der Waals surface area contributed by atoms with Crippen molar-refractivity contribution in [2.75, 3.05) is 20.6 Å². The van der Waals surface area contributed by atoms with Gasteiger partial charge in [0.25, 0.3) is 0 Å². The quantitative estimate of drug-likeness (QED) is 0.631. The van der Waals surface area contributed by atoms with Crippen molar-refractivity contribution in [1.29, 1.82) is 0 Å². The minimum Gasteiger partial charge on any atom is -0.309 e. The molecule has 3 rings (SSSR count). The monoisotopic (exact) mass is 403 g/mol. The summed E-state index contributed by atoms with van der Waals surface area (Å²) in [6.07, 6.45) is 6.96. The summed E-state index contributed by atoms with van der Waals surface area (Å²) >= 11 is 2.42. The van der Waals surface area contributed by atoms with Crippen LogP contribution in [-0.4, -0.2) is 25.5 Å². The van der Waals surface area contributed by atoms with E-state index in [9.17, 15) is 0 Å². The molecular weight excluding hydrogens is 381 g/mol. The number of rotatable bonds is 4. The predicted octanol–water partition coefficient (Wildman–Crippen LogP) is 5.25. The van der Waals surface area contributed by atoms with Crippen LogP contribution in [0.4, 0.5) is 0 Å². The first-order chi connectivity index (χ1) is 10.6. The molecule has 0 heterocycles. The lowest BCUT2D eigenvalue weighted by Gasteiger charge is -2.21. The van der Waals surface area contributed by atoms with Crippen LogP contribution in [0.3, 0.4) is 0 Å². The average Bonchev–Trinajstić information content (AvgIpc) is 2.65. The van der Waals surface area contributed by atoms with Gasteiger partial charge in [-0.3, -0.25) is 0 Å². The molecule has 0 N–H and O–H groups in total. The van der Waals surface area contributed by atoms with Crippen LogP contribution in [0.1, 0.15) is 41.0 Å². The van der Waals surface area contributed by atoms with Crippen molar-refractivity contribution in [2.45, 2.75) is 18.8 Å². The van der Waals surface area contributed by atoms with Crippen molar-refractivity contribution in [3.63, 3.8) is 0 Å². The van der Waals surface area contributed by atoms with E-state index in [1.807, 2.05) is 0 Å². The van der Waals surface area contributed by atoms with E-state index >= 15 is 0 Å². The summed E-state index contributed by atoms with van der Waals surface area (Å²) < 4.78 is 1.32. The van der Waals surface area contributed by atoms with E-state index < -0.39 is 0 Å². The summed E-state index contributed by atoms with van der Waals surface area (Å²) in [5.74, 6) is 0.496. The van der Waals surface area contributed by atoms with Gasteiger partial charge in [0.2, 0.25) is 0 Å². The lowest BCUT2D eigenvalue weighted by molar-refractivity contribution is 0.389. The van der Waals surface area contributed by atoms with Crippen LogP contribution < -0.4 is 0 Å². The van der Waals surface area contributed by atoms with Gasteiger partial charge in [-0.15, -0.1) is 0 Å². The molecule has 1 atom stereocenters. The molecule has 0 spiro atoms. The number of hydrogen-bond acceptors (Lipinski definition) is 1. The fourth-order valence-corrected chi connectivity index (χ4v) is 3.76. The van der Waals surface area contributed by atoms with E-state index in [4.69, 9.17) is 0 Å². The zero-order valence-corrected chi connectivity index (χ0v) is 15.4. The van der Waals surface area contributed by atoms with Crippen molar-refractivity contribution >= 4 is 34.7 Å². The Labute approximate surface area is 147 Å². The van der Waals surface area contributed by atoms with E-state index in [0.29, 0.717) is 5.92 Å². The smallest absolute Gasteiger partial charge is 0.0133 e. The Kier molecular flexibility index (Phi) is 4.99. The minimum atomic E-state index is 0.496. The number of nitrogens with zero attached hydrogens (tertiary/aromatic N) is 1. The van der Waals surface area contributed by atoms with Gasteiger partial charge in [0.1, 0.15) is 0 Å². The molecule has 0 saturated carbocycles. The van der Waals surface area contributed by atoms with Gasteiger partial charge < -0.3 is 4.90 Å². The van der Waals surface area contributed by atoms with Crippen LogP contribution in [0.15, 0.2) is 42.5 Å². The van der Waals surface area contributed by atoms with Gasteiger partial charge in [0, 0.05) is 9.49 Å². The van der Waals surface area contributed by atoms with E-state index in [2.05, 4.69) is 96.2 Å².